The Labute approximate surface area is 95.6 Å². The zero-order valence-electron chi connectivity index (χ0n) is 8.61. The molecule has 1 heterocycles. The Hall–Kier alpha value is -1.62. The molecule has 0 saturated heterocycles. The summed E-state index contributed by atoms with van der Waals surface area (Å²) in [5.41, 5.74) is -2.09. The number of sulfone groups is 1. The maximum Gasteiger partial charge on any atom is 0.417 e. The normalized spacial score (nSPS) is 12.2. The van der Waals surface area contributed by atoms with Crippen molar-refractivity contribution in [3.8, 4) is 6.07 Å². The molecule has 0 aliphatic heterocycles. The summed E-state index contributed by atoms with van der Waals surface area (Å²) in [6, 6.07) is 1.90. The molecule has 0 bridgehead atoms. The highest BCUT2D eigenvalue weighted by atomic mass is 32.2. The van der Waals surface area contributed by atoms with Crippen molar-refractivity contribution in [2.24, 2.45) is 0 Å². The zero-order valence-corrected chi connectivity index (χ0v) is 9.43. The molecule has 1 rings (SSSR count). The van der Waals surface area contributed by atoms with Gasteiger partial charge in [0.15, 0.2) is 15.5 Å². The van der Waals surface area contributed by atoms with E-state index in [-0.39, 0.29) is 0 Å². The molecule has 0 amide bonds. The number of hydrogen-bond donors (Lipinski definition) is 0. The molecule has 17 heavy (non-hydrogen) atoms. The molecule has 0 atom stereocenters. The Morgan fingerprint density at radius 1 is 1.47 bits per heavy atom. The minimum Gasteiger partial charge on any atom is -0.244 e. The molecule has 0 aromatic carbocycles. The van der Waals surface area contributed by atoms with Crippen LogP contribution in [0.3, 0.4) is 0 Å². The maximum atomic E-state index is 12.6. The number of halogens is 3. The number of rotatable bonds is 2. The second-order valence-electron chi connectivity index (χ2n) is 3.05. The third kappa shape index (κ3) is 2.55. The number of nitrogens with zero attached hydrogens (tertiary/aromatic N) is 2. The van der Waals surface area contributed by atoms with Crippen molar-refractivity contribution >= 4 is 9.84 Å². The maximum absolute atomic E-state index is 12.6. The molecule has 0 saturated carbocycles. The van der Waals surface area contributed by atoms with E-state index in [0.29, 0.717) is 6.07 Å². The van der Waals surface area contributed by atoms with Crippen molar-refractivity contribution in [2.75, 3.05) is 5.75 Å². The number of aromatic nitrogens is 1. The first kappa shape index (κ1) is 13.4. The van der Waals surface area contributed by atoms with Crippen LogP contribution < -0.4 is 0 Å². The van der Waals surface area contributed by atoms with Crippen molar-refractivity contribution in [1.82, 2.24) is 4.98 Å². The summed E-state index contributed by atoms with van der Waals surface area (Å²) in [6.07, 6.45) is -4.08. The molecule has 0 aliphatic rings. The van der Waals surface area contributed by atoms with Crippen LogP contribution in [-0.2, 0) is 16.0 Å². The van der Waals surface area contributed by atoms with E-state index >= 15 is 0 Å². The lowest BCUT2D eigenvalue weighted by atomic mass is 10.2. The second kappa shape index (κ2) is 4.33. The summed E-state index contributed by atoms with van der Waals surface area (Å²) in [4.78, 5) is 2.30. The van der Waals surface area contributed by atoms with E-state index in [2.05, 4.69) is 4.98 Å². The van der Waals surface area contributed by atoms with Crippen molar-refractivity contribution in [2.45, 2.75) is 18.0 Å². The first-order valence-electron chi connectivity index (χ1n) is 4.43. The van der Waals surface area contributed by atoms with Crippen molar-refractivity contribution in [1.29, 1.82) is 5.26 Å². The van der Waals surface area contributed by atoms with Crippen LogP contribution in [0.15, 0.2) is 17.2 Å². The first-order valence-corrected chi connectivity index (χ1v) is 6.08. The van der Waals surface area contributed by atoms with E-state index in [0.717, 1.165) is 6.20 Å². The monoisotopic (exact) mass is 264 g/mol. The van der Waals surface area contributed by atoms with Gasteiger partial charge in [-0.2, -0.15) is 18.4 Å². The lowest BCUT2D eigenvalue weighted by Crippen LogP contribution is -2.17. The number of alkyl halides is 3. The fourth-order valence-corrected chi connectivity index (χ4v) is 2.41. The van der Waals surface area contributed by atoms with Gasteiger partial charge in [-0.05, 0) is 6.07 Å². The molecular weight excluding hydrogens is 257 g/mol. The Morgan fingerprint density at radius 3 is 2.47 bits per heavy atom. The zero-order chi connectivity index (χ0) is 13.3. The Balaban J connectivity index is 3.73. The van der Waals surface area contributed by atoms with Gasteiger partial charge in [-0.1, -0.05) is 6.92 Å². The Kier molecular flexibility index (Phi) is 3.43. The van der Waals surface area contributed by atoms with Crippen molar-refractivity contribution in [3.05, 3.63) is 23.5 Å². The Bertz CT molecular complexity index is 573. The average molecular weight is 264 g/mol. The molecule has 0 unspecified atom stereocenters. The number of hydrogen-bond acceptors (Lipinski definition) is 4. The van der Waals surface area contributed by atoms with Gasteiger partial charge in [0.05, 0.1) is 11.3 Å². The Morgan fingerprint density at radius 2 is 2.06 bits per heavy atom. The van der Waals surface area contributed by atoms with Gasteiger partial charge in [-0.25, -0.2) is 13.4 Å². The standard InChI is InChI=1S/C9H7F3N2O2S/c1-2-17(15,16)8-6(9(10,11)12)3-4-14-7(8)5-13/h3-4H,2H2,1H3. The molecule has 0 spiro atoms. The molecule has 1 aromatic heterocycles. The van der Waals surface area contributed by atoms with E-state index < -0.39 is 37.9 Å². The largest absolute Gasteiger partial charge is 0.417 e. The lowest BCUT2D eigenvalue weighted by Gasteiger charge is -2.12. The molecular formula is C9H7F3N2O2S. The fourth-order valence-electron chi connectivity index (χ4n) is 1.21. The SMILES string of the molecule is CCS(=O)(=O)c1c(C(F)(F)F)ccnc1C#N. The van der Waals surface area contributed by atoms with Gasteiger partial charge in [0, 0.05) is 6.20 Å². The molecule has 0 fully saturated rings. The molecule has 4 nitrogen and oxygen atoms in total. The molecule has 8 heteroatoms. The quantitative estimate of drug-likeness (QED) is 0.816. The van der Waals surface area contributed by atoms with Gasteiger partial charge >= 0.3 is 6.18 Å². The summed E-state index contributed by atoms with van der Waals surface area (Å²) in [7, 11) is -4.16. The van der Waals surface area contributed by atoms with Crippen LogP contribution >= 0.6 is 0 Å². The van der Waals surface area contributed by atoms with E-state index in [4.69, 9.17) is 5.26 Å². The van der Waals surface area contributed by atoms with Gasteiger partial charge in [0.25, 0.3) is 0 Å². The van der Waals surface area contributed by atoms with E-state index in [1.54, 1.807) is 0 Å². The van der Waals surface area contributed by atoms with Gasteiger partial charge in [-0.3, -0.25) is 0 Å². The van der Waals surface area contributed by atoms with Crippen LogP contribution in [0.1, 0.15) is 18.2 Å². The van der Waals surface area contributed by atoms with Crippen LogP contribution in [0, 0.1) is 11.3 Å². The van der Waals surface area contributed by atoms with E-state index in [1.807, 2.05) is 0 Å². The van der Waals surface area contributed by atoms with Crippen molar-refractivity contribution < 1.29 is 21.6 Å². The minimum atomic E-state index is -4.84. The van der Waals surface area contributed by atoms with Gasteiger partial charge in [0.1, 0.15) is 11.0 Å². The van der Waals surface area contributed by atoms with Crippen LogP contribution in [0.2, 0.25) is 0 Å². The molecule has 0 aliphatic carbocycles. The molecule has 0 N–H and O–H groups in total. The van der Waals surface area contributed by atoms with Crippen LogP contribution in [-0.4, -0.2) is 19.2 Å². The molecule has 92 valence electrons. The highest BCUT2D eigenvalue weighted by Crippen LogP contribution is 2.35. The van der Waals surface area contributed by atoms with Gasteiger partial charge in [-0.15, -0.1) is 0 Å². The summed E-state index contributed by atoms with van der Waals surface area (Å²) >= 11 is 0. The first-order chi connectivity index (χ1) is 7.74. The van der Waals surface area contributed by atoms with Crippen molar-refractivity contribution in [3.63, 3.8) is 0 Å². The molecule has 0 radical (unpaired) electrons. The predicted molar refractivity (Wildman–Crippen MR) is 51.7 cm³/mol. The highest BCUT2D eigenvalue weighted by molar-refractivity contribution is 7.91. The van der Waals surface area contributed by atoms with Crippen LogP contribution in [0.5, 0.6) is 0 Å². The lowest BCUT2D eigenvalue weighted by molar-refractivity contribution is -0.140. The topological polar surface area (TPSA) is 70.8 Å². The highest BCUT2D eigenvalue weighted by Gasteiger charge is 2.38. The van der Waals surface area contributed by atoms with Gasteiger partial charge < -0.3 is 0 Å². The summed E-state index contributed by atoms with van der Waals surface area (Å²) < 4.78 is 61.0. The predicted octanol–water partition coefficient (Wildman–Crippen LogP) is 1.77. The summed E-state index contributed by atoms with van der Waals surface area (Å²) in [5, 5.41) is 8.62. The third-order valence-electron chi connectivity index (χ3n) is 2.01. The summed E-state index contributed by atoms with van der Waals surface area (Å²) in [5.74, 6) is -0.531. The number of nitriles is 1. The van der Waals surface area contributed by atoms with Gasteiger partial charge in [0.2, 0.25) is 0 Å². The second-order valence-corrected chi connectivity index (χ2v) is 5.26. The molecule has 1 aromatic rings. The minimum absolute atomic E-state index is 0.531. The smallest absolute Gasteiger partial charge is 0.244 e. The summed E-state index contributed by atoms with van der Waals surface area (Å²) in [6.45, 7) is 1.20. The average Bonchev–Trinajstić information content (AvgIpc) is 2.26. The fraction of sp³-hybridized carbons (Fsp3) is 0.333. The van der Waals surface area contributed by atoms with Crippen LogP contribution in [0.4, 0.5) is 13.2 Å². The third-order valence-corrected chi connectivity index (χ3v) is 3.80. The number of pyridine rings is 1. The van der Waals surface area contributed by atoms with Crippen LogP contribution in [0.25, 0.3) is 0 Å². The van der Waals surface area contributed by atoms with E-state index in [9.17, 15) is 21.6 Å². The van der Waals surface area contributed by atoms with E-state index in [1.165, 1.54) is 13.0 Å².